The van der Waals surface area contributed by atoms with Crippen LogP contribution in [0.2, 0.25) is 0 Å². The van der Waals surface area contributed by atoms with Crippen molar-refractivity contribution in [2.75, 3.05) is 13.1 Å². The number of nitrogens with zero attached hydrogens (tertiary/aromatic N) is 3. The molecule has 2 N–H and O–H groups in total. The predicted molar refractivity (Wildman–Crippen MR) is 221 cm³/mol. The Bertz CT molecular complexity index is 1870. The topological polar surface area (TPSA) is 112 Å². The van der Waals surface area contributed by atoms with Crippen LogP contribution in [-0.4, -0.2) is 65.3 Å². The number of halogens is 3. The van der Waals surface area contributed by atoms with E-state index in [1.54, 1.807) is 0 Å². The molecule has 2 heterocycles. The molecule has 3 aliphatic rings. The molecule has 1 aromatic heterocycles. The van der Waals surface area contributed by atoms with Gasteiger partial charge in [-0.2, -0.15) is 8.78 Å². The van der Waals surface area contributed by atoms with Crippen LogP contribution in [0.5, 0.6) is 0 Å². The maximum absolute atomic E-state index is 14.6. The Morgan fingerprint density at radius 2 is 1.60 bits per heavy atom. The number of hydrogen-bond acceptors (Lipinski definition) is 5. The summed E-state index contributed by atoms with van der Waals surface area (Å²) < 4.78 is 29.9. The van der Waals surface area contributed by atoms with Gasteiger partial charge in [0.25, 0.3) is 9.84 Å². The number of nitrogens with one attached hydrogen (secondary N) is 1. The number of allylic oxidation sites excluding steroid dienone is 2. The molecule has 1 saturated heterocycles. The summed E-state index contributed by atoms with van der Waals surface area (Å²) in [5.74, 6) is 0.646. The Labute approximate surface area is 333 Å². The van der Waals surface area contributed by atoms with E-state index in [-0.39, 0.29) is 31.0 Å². The second-order valence-electron chi connectivity index (χ2n) is 16.2. The summed E-state index contributed by atoms with van der Waals surface area (Å²) >= 11 is -1.61. The number of carboxylic acids is 1. The maximum atomic E-state index is 14.6. The largest absolute Gasteiger partial charge is 0.481 e. The van der Waals surface area contributed by atoms with Crippen molar-refractivity contribution in [1.82, 2.24) is 20.2 Å². The Morgan fingerprint density at radius 3 is 2.16 bits per heavy atom. The lowest BCUT2D eigenvalue weighted by Gasteiger charge is -2.39. The molecule has 6 rings (SSSR count). The first-order valence-electron chi connectivity index (χ1n) is 19.6. The molecule has 55 heavy (non-hydrogen) atoms. The molecule has 2 amide bonds. The number of likely N-dealkylation sites (tertiary alicyclic amines) is 1. The second kappa shape index (κ2) is 17.5. The molecule has 3 aromatic rings. The first-order valence-corrected chi connectivity index (χ1v) is 22.2. The number of amides is 2. The first-order chi connectivity index (χ1) is 26.3. The summed E-state index contributed by atoms with van der Waals surface area (Å²) in [4.78, 5) is 49.2. The van der Waals surface area contributed by atoms with Gasteiger partial charge in [0.1, 0.15) is 6.04 Å². The number of carbonyl (C=O) groups excluding carboxylic acids is 2. The summed E-state index contributed by atoms with van der Waals surface area (Å²) in [6.45, 7) is 5.36. The number of hydrogen-bond donors (Lipinski definition) is 2. The Morgan fingerprint density at radius 1 is 0.945 bits per heavy atom. The van der Waals surface area contributed by atoms with Gasteiger partial charge < -0.3 is 15.3 Å². The van der Waals surface area contributed by atoms with Gasteiger partial charge in [-0.1, -0.05) is 100 Å². The molecule has 1 unspecified atom stereocenters. The molecular formula is C44H53F2IN4O4. The second-order valence-corrected chi connectivity index (χ2v) is 18.3. The fraction of sp³-hybridized carbons (Fsp3) is 0.500. The predicted octanol–water partition coefficient (Wildman–Crippen LogP) is 9.09. The van der Waals surface area contributed by atoms with Gasteiger partial charge in [0.2, 0.25) is 5.91 Å². The Kier molecular flexibility index (Phi) is 13.0. The van der Waals surface area contributed by atoms with E-state index in [0.29, 0.717) is 11.4 Å². The third-order valence-electron chi connectivity index (χ3n) is 12.3. The van der Waals surface area contributed by atoms with Crippen molar-refractivity contribution >= 4 is 48.6 Å². The van der Waals surface area contributed by atoms with E-state index in [0.717, 1.165) is 47.3 Å². The van der Waals surface area contributed by atoms with Gasteiger partial charge in [0, 0.05) is 48.6 Å². The van der Waals surface area contributed by atoms with Crippen LogP contribution in [-0.2, 0) is 21.4 Å². The third kappa shape index (κ3) is 9.40. The van der Waals surface area contributed by atoms with Crippen molar-refractivity contribution in [3.63, 3.8) is 0 Å². The standard InChI is InChI=1S/C44H53F2IN4O4/c1-5-6-28-7-11-30(12-8-28)31-15-17-32(18-16-31)35-24-48-39(49-25-35)33-13-9-29(10-14-33)23-38(41(53)51-26-36(27-51)42(54)55)50-40(52)34-19-21-37(22-20-34)43(2,3)44(45,46)47-4/h9-10,13-14,17,19-22,24-25,28,30-31,36,38H,4-8,11-12,15-16,18,23,26-27H2,1-3H3,(H,50,52)(H,54,55)/t28?,30?,31?,38-/m0/s1. The molecule has 2 fully saturated rings. The lowest BCUT2D eigenvalue weighted by molar-refractivity contribution is -0.153. The Hall–Kier alpha value is -3.87. The monoisotopic (exact) mass is 866 g/mol. The minimum atomic E-state index is -2.94. The molecule has 11 heteroatoms. The van der Waals surface area contributed by atoms with Crippen molar-refractivity contribution in [2.45, 2.75) is 100 Å². The molecule has 0 radical (unpaired) electrons. The fourth-order valence-corrected chi connectivity index (χ4v) is 9.68. The van der Waals surface area contributed by atoms with Crippen molar-refractivity contribution in [1.29, 1.82) is 0 Å². The van der Waals surface area contributed by atoms with E-state index in [1.807, 2.05) is 36.7 Å². The third-order valence-corrected chi connectivity index (χ3v) is 14.6. The van der Waals surface area contributed by atoms with Crippen molar-refractivity contribution in [3.8, 4) is 11.4 Å². The van der Waals surface area contributed by atoms with Gasteiger partial charge >= 0.3 is 5.97 Å². The Balaban J connectivity index is 1.09. The minimum absolute atomic E-state index is 0.0667. The highest BCUT2D eigenvalue weighted by atomic mass is 127. The summed E-state index contributed by atoms with van der Waals surface area (Å²) in [7, 11) is 0. The van der Waals surface area contributed by atoms with Crippen LogP contribution in [0.3, 0.4) is 0 Å². The number of carboxylic acid groups (broad SMARTS) is 1. The average molecular weight is 867 g/mol. The molecule has 1 aliphatic heterocycles. The highest BCUT2D eigenvalue weighted by Crippen LogP contribution is 2.46. The van der Waals surface area contributed by atoms with E-state index < -0.39 is 53.9 Å². The molecule has 1 saturated carbocycles. The zero-order valence-electron chi connectivity index (χ0n) is 32.1. The number of aliphatic carboxylic acids is 1. The first kappa shape index (κ1) is 40.8. The van der Waals surface area contributed by atoms with Gasteiger partial charge in [-0.3, -0.25) is 14.4 Å². The molecule has 0 bridgehead atoms. The maximum Gasteiger partial charge on any atom is 0.310 e. The highest BCUT2D eigenvalue weighted by molar-refractivity contribution is 14.2. The lowest BCUT2D eigenvalue weighted by Crippen LogP contribution is -2.59. The van der Waals surface area contributed by atoms with E-state index in [9.17, 15) is 28.3 Å². The van der Waals surface area contributed by atoms with Crippen LogP contribution in [0.25, 0.3) is 17.0 Å². The van der Waals surface area contributed by atoms with Crippen molar-refractivity contribution < 1.29 is 28.3 Å². The number of rotatable bonds is 14. The normalized spacial score (nSPS) is 21.3. The number of carbonyl (C=O) groups is 3. The van der Waals surface area contributed by atoms with E-state index in [1.165, 1.54) is 93.5 Å². The van der Waals surface area contributed by atoms with Gasteiger partial charge in [-0.25, -0.2) is 9.97 Å². The fourth-order valence-electron chi connectivity index (χ4n) is 8.42. The van der Waals surface area contributed by atoms with Crippen LogP contribution in [0.1, 0.15) is 106 Å². The SMILES string of the molecule is C=IC(F)(F)C(C)(C)c1ccc(C(=O)N[C@@H](Cc2ccc(-c3ncc(C4=CCC(C5CCC(CCC)CC5)CC4)cn3)cc2)C(=O)N2CC(C(=O)O)C2)cc1. The van der Waals surface area contributed by atoms with E-state index >= 15 is 0 Å². The van der Waals surface area contributed by atoms with Crippen molar-refractivity contribution in [2.24, 2.45) is 23.7 Å². The molecule has 2 aliphatic carbocycles. The summed E-state index contributed by atoms with van der Waals surface area (Å²) in [5, 5.41) is 12.2. The summed E-state index contributed by atoms with van der Waals surface area (Å²) in [6.07, 6.45) is 18.0. The highest BCUT2D eigenvalue weighted by Gasteiger charge is 2.46. The lowest BCUT2D eigenvalue weighted by atomic mass is 9.70. The molecule has 0 spiro atoms. The van der Waals surface area contributed by atoms with Crippen LogP contribution >= 0.6 is 20.7 Å². The van der Waals surface area contributed by atoms with Crippen LogP contribution in [0.4, 0.5) is 8.78 Å². The summed E-state index contributed by atoms with van der Waals surface area (Å²) in [5.41, 5.74) is 3.15. The van der Waals surface area contributed by atoms with Gasteiger partial charge in [0.15, 0.2) is 5.82 Å². The van der Waals surface area contributed by atoms with Crippen LogP contribution in [0.15, 0.2) is 67.0 Å². The molecule has 2 atom stereocenters. The molecule has 8 nitrogen and oxygen atoms in total. The molecule has 2 aromatic carbocycles. The van der Waals surface area contributed by atoms with Gasteiger partial charge in [-0.05, 0) is 92.5 Å². The molecule has 294 valence electrons. The minimum Gasteiger partial charge on any atom is -0.481 e. The van der Waals surface area contributed by atoms with E-state index in [2.05, 4.69) is 22.8 Å². The van der Waals surface area contributed by atoms with Crippen LogP contribution < -0.4 is 5.32 Å². The number of benzene rings is 2. The zero-order valence-corrected chi connectivity index (χ0v) is 34.2. The van der Waals surface area contributed by atoms with Crippen LogP contribution in [0, 0.1) is 23.7 Å². The van der Waals surface area contributed by atoms with Gasteiger partial charge in [0.05, 0.1) is 11.3 Å². The average Bonchev–Trinajstić information content (AvgIpc) is 3.17. The molecular weight excluding hydrogens is 813 g/mol. The quantitative estimate of drug-likeness (QED) is 0.124. The zero-order chi connectivity index (χ0) is 39.3. The summed E-state index contributed by atoms with van der Waals surface area (Å²) in [6, 6.07) is 12.5. The van der Waals surface area contributed by atoms with Crippen molar-refractivity contribution in [3.05, 3.63) is 89.3 Å². The van der Waals surface area contributed by atoms with E-state index in [4.69, 9.17) is 9.97 Å². The number of aromatic nitrogens is 2. The number of alkyl halides is 3. The smallest absolute Gasteiger partial charge is 0.310 e. The van der Waals surface area contributed by atoms with Gasteiger partial charge in [-0.15, -0.1) is 0 Å².